The number of benzene rings is 3. The van der Waals surface area contributed by atoms with Crippen molar-refractivity contribution >= 4 is 38.6 Å². The first kappa shape index (κ1) is 20.0. The van der Waals surface area contributed by atoms with Crippen LogP contribution in [0.2, 0.25) is 0 Å². The van der Waals surface area contributed by atoms with E-state index in [1.54, 1.807) is 0 Å². The summed E-state index contributed by atoms with van der Waals surface area (Å²) in [5.41, 5.74) is 5.53. The third-order valence-electron chi connectivity index (χ3n) is 6.07. The van der Waals surface area contributed by atoms with Crippen molar-refractivity contribution in [2.45, 2.75) is 32.2 Å². The van der Waals surface area contributed by atoms with Crippen LogP contribution in [-0.2, 0) is 17.8 Å². The number of para-hydroxylation sites is 3. The Labute approximate surface area is 190 Å². The SMILES string of the molecule is CCc1ccccc1N1CC(c2nc3ccccc3n2Cc2cccc(Br)c2)CC1=O. The normalized spacial score (nSPS) is 16.4. The van der Waals surface area contributed by atoms with Gasteiger partial charge < -0.3 is 9.47 Å². The Kier molecular flexibility index (Phi) is 5.36. The fourth-order valence-electron chi connectivity index (χ4n) is 4.58. The third kappa shape index (κ3) is 3.79. The number of amides is 1. The van der Waals surface area contributed by atoms with Crippen LogP contribution in [-0.4, -0.2) is 22.0 Å². The van der Waals surface area contributed by atoms with E-state index in [9.17, 15) is 4.79 Å². The minimum Gasteiger partial charge on any atom is -0.323 e. The molecule has 1 aliphatic heterocycles. The number of imidazole rings is 1. The van der Waals surface area contributed by atoms with Crippen molar-refractivity contribution in [1.82, 2.24) is 9.55 Å². The van der Waals surface area contributed by atoms with Crippen molar-refractivity contribution < 1.29 is 4.79 Å². The van der Waals surface area contributed by atoms with Gasteiger partial charge in [0.15, 0.2) is 0 Å². The first-order valence-electron chi connectivity index (χ1n) is 10.7. The molecule has 5 heteroatoms. The second-order valence-electron chi connectivity index (χ2n) is 8.06. The number of rotatable bonds is 5. The number of halogens is 1. The van der Waals surface area contributed by atoms with Gasteiger partial charge in [0.1, 0.15) is 5.82 Å². The Balaban J connectivity index is 1.54. The van der Waals surface area contributed by atoms with Gasteiger partial charge in [-0.15, -0.1) is 0 Å². The summed E-state index contributed by atoms with van der Waals surface area (Å²) in [6.07, 6.45) is 1.39. The molecule has 5 rings (SSSR count). The number of nitrogens with zero attached hydrogens (tertiary/aromatic N) is 3. The lowest BCUT2D eigenvalue weighted by Crippen LogP contribution is -2.25. The molecule has 1 aromatic heterocycles. The van der Waals surface area contributed by atoms with E-state index in [0.717, 1.165) is 40.0 Å². The van der Waals surface area contributed by atoms with E-state index in [1.165, 1.54) is 11.1 Å². The maximum absolute atomic E-state index is 13.0. The standard InChI is InChI=1S/C26H24BrN3O/c1-2-19-9-3-5-12-23(19)29-17-20(15-25(29)31)26-28-22-11-4-6-13-24(22)30(26)16-18-8-7-10-21(27)14-18/h3-14,20H,2,15-17H2,1H3. The summed E-state index contributed by atoms with van der Waals surface area (Å²) in [4.78, 5) is 20.0. The predicted molar refractivity (Wildman–Crippen MR) is 129 cm³/mol. The number of carbonyl (C=O) groups is 1. The molecule has 0 N–H and O–H groups in total. The van der Waals surface area contributed by atoms with Crippen LogP contribution in [0.1, 0.15) is 36.2 Å². The van der Waals surface area contributed by atoms with Gasteiger partial charge in [0.25, 0.3) is 0 Å². The van der Waals surface area contributed by atoms with Crippen molar-refractivity contribution in [2.24, 2.45) is 0 Å². The zero-order valence-corrected chi connectivity index (χ0v) is 19.0. The van der Waals surface area contributed by atoms with Gasteiger partial charge in [0.05, 0.1) is 11.0 Å². The molecule has 4 aromatic rings. The fraction of sp³-hybridized carbons (Fsp3) is 0.231. The monoisotopic (exact) mass is 473 g/mol. The molecule has 0 bridgehead atoms. The van der Waals surface area contributed by atoms with Crippen molar-refractivity contribution in [3.63, 3.8) is 0 Å². The van der Waals surface area contributed by atoms with E-state index < -0.39 is 0 Å². The van der Waals surface area contributed by atoms with E-state index in [4.69, 9.17) is 4.98 Å². The number of anilines is 1. The smallest absolute Gasteiger partial charge is 0.227 e. The molecule has 31 heavy (non-hydrogen) atoms. The molecule has 1 amide bonds. The molecule has 1 fully saturated rings. The van der Waals surface area contributed by atoms with Gasteiger partial charge in [0, 0.05) is 35.6 Å². The largest absolute Gasteiger partial charge is 0.323 e. The summed E-state index contributed by atoms with van der Waals surface area (Å²) >= 11 is 3.58. The Morgan fingerprint density at radius 2 is 1.84 bits per heavy atom. The number of fused-ring (bicyclic) bond motifs is 1. The molecule has 1 unspecified atom stereocenters. The second kappa shape index (κ2) is 8.31. The number of aromatic nitrogens is 2. The van der Waals surface area contributed by atoms with Crippen molar-refractivity contribution in [1.29, 1.82) is 0 Å². The van der Waals surface area contributed by atoms with Crippen LogP contribution in [0.5, 0.6) is 0 Å². The number of hydrogen-bond acceptors (Lipinski definition) is 2. The number of aryl methyl sites for hydroxylation is 1. The van der Waals surface area contributed by atoms with Gasteiger partial charge >= 0.3 is 0 Å². The predicted octanol–water partition coefficient (Wildman–Crippen LogP) is 5.93. The summed E-state index contributed by atoms with van der Waals surface area (Å²) in [5.74, 6) is 1.23. The number of carbonyl (C=O) groups excluding carboxylic acids is 1. The highest BCUT2D eigenvalue weighted by Crippen LogP contribution is 2.35. The van der Waals surface area contributed by atoms with Gasteiger partial charge in [-0.3, -0.25) is 4.79 Å². The molecule has 0 aliphatic carbocycles. The first-order valence-corrected chi connectivity index (χ1v) is 11.5. The van der Waals surface area contributed by atoms with Gasteiger partial charge in [-0.1, -0.05) is 65.3 Å². The molecule has 0 radical (unpaired) electrons. The molecule has 1 atom stereocenters. The highest BCUT2D eigenvalue weighted by atomic mass is 79.9. The van der Waals surface area contributed by atoms with Crippen molar-refractivity contribution in [3.05, 3.63) is 94.2 Å². The topological polar surface area (TPSA) is 38.1 Å². The van der Waals surface area contributed by atoms with Gasteiger partial charge in [0.2, 0.25) is 5.91 Å². The Morgan fingerprint density at radius 3 is 2.68 bits per heavy atom. The summed E-state index contributed by atoms with van der Waals surface area (Å²) in [6.45, 7) is 3.53. The quantitative estimate of drug-likeness (QED) is 0.360. The van der Waals surface area contributed by atoms with Crippen LogP contribution in [0.4, 0.5) is 5.69 Å². The fourth-order valence-corrected chi connectivity index (χ4v) is 5.02. The molecule has 0 saturated carbocycles. The Bertz CT molecular complexity index is 1260. The van der Waals surface area contributed by atoms with Crippen LogP contribution in [0.15, 0.2) is 77.3 Å². The van der Waals surface area contributed by atoms with Gasteiger partial charge in [-0.05, 0) is 47.9 Å². The molecular formula is C26H24BrN3O. The van der Waals surface area contributed by atoms with E-state index in [-0.39, 0.29) is 11.8 Å². The molecule has 0 spiro atoms. The van der Waals surface area contributed by atoms with E-state index >= 15 is 0 Å². The minimum atomic E-state index is 0.0666. The average Bonchev–Trinajstić information content (AvgIpc) is 3.34. The van der Waals surface area contributed by atoms with Crippen LogP contribution in [0.25, 0.3) is 11.0 Å². The maximum atomic E-state index is 13.0. The summed E-state index contributed by atoms with van der Waals surface area (Å²) in [6, 6.07) is 24.8. The summed E-state index contributed by atoms with van der Waals surface area (Å²) in [7, 11) is 0. The first-order chi connectivity index (χ1) is 15.1. The average molecular weight is 474 g/mol. The molecule has 4 nitrogen and oxygen atoms in total. The molecule has 1 saturated heterocycles. The van der Waals surface area contributed by atoms with Gasteiger partial charge in [-0.2, -0.15) is 0 Å². The van der Waals surface area contributed by atoms with Crippen LogP contribution in [0.3, 0.4) is 0 Å². The maximum Gasteiger partial charge on any atom is 0.227 e. The van der Waals surface area contributed by atoms with Crippen LogP contribution in [0, 0.1) is 0 Å². The number of hydrogen-bond donors (Lipinski definition) is 0. The Hall–Kier alpha value is -2.92. The lowest BCUT2D eigenvalue weighted by atomic mass is 10.1. The highest BCUT2D eigenvalue weighted by molar-refractivity contribution is 9.10. The molecule has 1 aliphatic rings. The lowest BCUT2D eigenvalue weighted by molar-refractivity contribution is -0.117. The second-order valence-corrected chi connectivity index (χ2v) is 8.98. The van der Waals surface area contributed by atoms with E-state index in [2.05, 4.69) is 76.0 Å². The molecule has 2 heterocycles. The van der Waals surface area contributed by atoms with Gasteiger partial charge in [-0.25, -0.2) is 4.98 Å². The highest BCUT2D eigenvalue weighted by Gasteiger charge is 2.35. The molecule has 3 aromatic carbocycles. The zero-order valence-electron chi connectivity index (χ0n) is 17.5. The molecule has 156 valence electrons. The minimum absolute atomic E-state index is 0.0666. The summed E-state index contributed by atoms with van der Waals surface area (Å²) < 4.78 is 3.35. The molecular weight excluding hydrogens is 450 g/mol. The van der Waals surface area contributed by atoms with Crippen molar-refractivity contribution in [2.75, 3.05) is 11.4 Å². The van der Waals surface area contributed by atoms with Crippen LogP contribution < -0.4 is 4.90 Å². The van der Waals surface area contributed by atoms with Crippen LogP contribution >= 0.6 is 15.9 Å². The van der Waals surface area contributed by atoms with E-state index in [0.29, 0.717) is 13.0 Å². The summed E-state index contributed by atoms with van der Waals surface area (Å²) in [5, 5.41) is 0. The van der Waals surface area contributed by atoms with Crippen molar-refractivity contribution in [3.8, 4) is 0 Å². The lowest BCUT2D eigenvalue weighted by Gasteiger charge is -2.20. The Morgan fingerprint density at radius 1 is 1.03 bits per heavy atom. The third-order valence-corrected chi connectivity index (χ3v) is 6.56. The van der Waals surface area contributed by atoms with E-state index in [1.807, 2.05) is 29.2 Å². The zero-order chi connectivity index (χ0) is 21.4.